The first kappa shape index (κ1) is 93.8. The molecule has 0 spiro atoms. The number of rotatable bonds is 26. The van der Waals surface area contributed by atoms with Crippen LogP contribution in [0.2, 0.25) is 0 Å². The third-order valence-electron chi connectivity index (χ3n) is 23.3. The van der Waals surface area contributed by atoms with Crippen LogP contribution in [0.4, 0.5) is 0 Å². The van der Waals surface area contributed by atoms with Gasteiger partial charge in [0.25, 0.3) is 60.7 Å². The fourth-order valence-corrected chi connectivity index (χ4v) is 19.7. The van der Waals surface area contributed by atoms with E-state index in [1.165, 1.54) is 25.7 Å². The monoisotopic (exact) mass is 1650 g/mol. The van der Waals surface area contributed by atoms with Crippen LogP contribution >= 0.6 is 0 Å². The summed E-state index contributed by atoms with van der Waals surface area (Å²) in [5.74, 6) is 1.03. The summed E-state index contributed by atoms with van der Waals surface area (Å²) < 4.78 is 207. The zero-order valence-electron chi connectivity index (χ0n) is 62.6. The summed E-state index contributed by atoms with van der Waals surface area (Å²) in [6.07, 6.45) is 27.3. The number of aliphatic hydroxyl groups excluding tert-OH is 1. The van der Waals surface area contributed by atoms with E-state index in [1.807, 2.05) is 0 Å². The average molecular weight is 1650 g/mol. The highest BCUT2D eigenvalue weighted by molar-refractivity contribution is 7.87. The van der Waals surface area contributed by atoms with E-state index in [0.717, 1.165) is 153 Å². The molecule has 0 aromatic heterocycles. The van der Waals surface area contributed by atoms with E-state index in [9.17, 15) is 79.3 Å². The molecule has 0 amide bonds. The molecular formula is C70H120O31S6. The lowest BCUT2D eigenvalue weighted by atomic mass is 9.49. The van der Waals surface area contributed by atoms with E-state index in [-0.39, 0.29) is 122 Å². The van der Waals surface area contributed by atoms with Crippen molar-refractivity contribution in [2.75, 3.05) is 80.8 Å². The summed E-state index contributed by atoms with van der Waals surface area (Å²) in [5, 5.41) is 8.94. The second-order valence-corrected chi connectivity index (χ2v) is 42.2. The van der Waals surface area contributed by atoms with Crippen LogP contribution in [0, 0.1) is 106 Å². The number of carbonyl (C=O) groups excluding carboxylic acids is 6. The van der Waals surface area contributed by atoms with Gasteiger partial charge in [0.05, 0.1) is 35.0 Å². The minimum atomic E-state index is -4.07. The van der Waals surface area contributed by atoms with Crippen LogP contribution in [0.15, 0.2) is 0 Å². The number of hydrogen-bond acceptors (Lipinski definition) is 25. The van der Waals surface area contributed by atoms with E-state index in [2.05, 4.69) is 34.6 Å². The molecule has 0 aliphatic heterocycles. The van der Waals surface area contributed by atoms with E-state index in [0.29, 0.717) is 60.2 Å². The van der Waals surface area contributed by atoms with Crippen LogP contribution in [-0.2, 0) is 118 Å². The van der Waals surface area contributed by atoms with E-state index in [1.54, 1.807) is 0 Å². The number of ether oxygens (including phenoxy) is 6. The van der Waals surface area contributed by atoms with Gasteiger partial charge in [-0.1, -0.05) is 41.0 Å². The summed E-state index contributed by atoms with van der Waals surface area (Å²) in [4.78, 5) is 70.7. The Morgan fingerprint density at radius 3 is 0.897 bits per heavy atom. The van der Waals surface area contributed by atoms with Gasteiger partial charge in [0, 0.05) is 6.61 Å². The van der Waals surface area contributed by atoms with Gasteiger partial charge in [0.2, 0.25) is 0 Å². The van der Waals surface area contributed by atoms with Crippen molar-refractivity contribution in [3.63, 3.8) is 0 Å². The molecule has 107 heavy (non-hydrogen) atoms. The van der Waals surface area contributed by atoms with Crippen LogP contribution in [0.1, 0.15) is 214 Å². The smallest absolute Gasteiger partial charge is 0.312 e. The van der Waals surface area contributed by atoms with Crippen molar-refractivity contribution in [3.05, 3.63) is 0 Å². The van der Waals surface area contributed by atoms with Crippen LogP contribution < -0.4 is 0 Å². The zero-order chi connectivity index (χ0) is 79.9. The van der Waals surface area contributed by atoms with Crippen LogP contribution in [0.5, 0.6) is 0 Å². The Labute approximate surface area is 633 Å². The molecule has 12 saturated carbocycles. The molecule has 0 aromatic carbocycles. The highest BCUT2D eigenvalue weighted by atomic mass is 32.2. The Balaban J connectivity index is 0.000000231. The minimum Gasteiger partial charge on any atom is -0.464 e. The second-order valence-electron chi connectivity index (χ2n) is 32.7. The first-order valence-corrected chi connectivity index (χ1v) is 47.6. The van der Waals surface area contributed by atoms with Gasteiger partial charge in [0.1, 0.15) is 74.2 Å². The van der Waals surface area contributed by atoms with Crippen molar-refractivity contribution in [1.82, 2.24) is 0 Å². The van der Waals surface area contributed by atoms with Crippen LogP contribution in [-0.4, -0.2) is 200 Å². The number of hydrogen-bond donors (Lipinski definition) is 7. The van der Waals surface area contributed by atoms with Crippen molar-refractivity contribution in [3.8, 4) is 0 Å². The second kappa shape index (κ2) is 42.4. The Morgan fingerprint density at radius 1 is 0.355 bits per heavy atom. The molecule has 12 rings (SSSR count). The number of esters is 6. The largest absolute Gasteiger partial charge is 0.464 e. The van der Waals surface area contributed by atoms with Crippen LogP contribution in [0.25, 0.3) is 0 Å². The topological polar surface area (TPSA) is 504 Å². The molecule has 0 radical (unpaired) electrons. The molecule has 0 aromatic rings. The van der Waals surface area contributed by atoms with Crippen molar-refractivity contribution in [2.24, 2.45) is 106 Å². The van der Waals surface area contributed by atoms with Gasteiger partial charge >= 0.3 is 35.8 Å². The lowest BCUT2D eigenvalue weighted by Gasteiger charge is -2.55. The van der Waals surface area contributed by atoms with Crippen LogP contribution in [0.3, 0.4) is 0 Å². The van der Waals surface area contributed by atoms with Crippen molar-refractivity contribution in [2.45, 2.75) is 214 Å². The minimum absolute atomic E-state index is 0.0332. The Bertz CT molecular complexity index is 3430. The fraction of sp³-hybridized carbons (Fsp3) is 0.914. The highest BCUT2D eigenvalue weighted by Gasteiger charge is 2.56. The Hall–Kier alpha value is -3.76. The van der Waals surface area contributed by atoms with E-state index in [4.69, 9.17) is 60.8 Å². The third-order valence-corrected chi connectivity index (χ3v) is 27.4. The molecule has 0 saturated heterocycles. The van der Waals surface area contributed by atoms with Gasteiger partial charge < -0.3 is 33.5 Å². The third kappa shape index (κ3) is 35.9. The molecule has 12 aliphatic carbocycles. The summed E-state index contributed by atoms with van der Waals surface area (Å²) in [7, 11) is -24.3. The van der Waals surface area contributed by atoms with Crippen molar-refractivity contribution in [1.29, 1.82) is 0 Å². The van der Waals surface area contributed by atoms with Gasteiger partial charge in [-0.15, -0.1) is 0 Å². The molecule has 8 bridgehead atoms. The SMILES string of the molecule is CC(C)(C)C1CCC(C(=O)OCCS(=O)(=O)O)CC1.CC1CCC(C(=O)OCCS(=O)(=O)O)CC1.CCC1CCC(C(=O)OCCS(=O)(=O)O)CC1.O=C(OCCS(=O)(=O)O)C12CC3CC(CC(C3)C1)C2.O=C(OCCS(=O)(=O)O)C1C2CC3CC(C2)CC1C3.O=C(OCCS(=O)(=O)O)C1CCC(CO)CC1. The molecule has 0 unspecified atom stereocenters. The molecule has 7 N–H and O–H groups in total. The molecule has 31 nitrogen and oxygen atoms in total. The van der Waals surface area contributed by atoms with Crippen molar-refractivity contribution >= 4 is 96.5 Å². The summed E-state index contributed by atoms with van der Waals surface area (Å²) in [6, 6.07) is 0. The molecule has 12 aliphatic rings. The highest BCUT2D eigenvalue weighted by Crippen LogP contribution is 2.61. The maximum Gasteiger partial charge on any atom is 0.312 e. The maximum absolute atomic E-state index is 12.3. The van der Waals surface area contributed by atoms with Gasteiger partial charge in [-0.25, -0.2) is 0 Å². The normalized spacial score (nSPS) is 30.8. The molecule has 622 valence electrons. The molecular weight excluding hydrogens is 1530 g/mol. The van der Waals surface area contributed by atoms with Gasteiger partial charge in [-0.3, -0.25) is 56.1 Å². The van der Waals surface area contributed by atoms with E-state index >= 15 is 0 Å². The molecule has 0 heterocycles. The lowest BCUT2D eigenvalue weighted by Crippen LogP contribution is -2.50. The fourth-order valence-electron chi connectivity index (χ4n) is 17.9. The first-order valence-electron chi connectivity index (χ1n) is 37.9. The van der Waals surface area contributed by atoms with Gasteiger partial charge in [-0.2, -0.15) is 50.5 Å². The maximum atomic E-state index is 12.3. The summed E-state index contributed by atoms with van der Waals surface area (Å²) >= 11 is 0. The summed E-state index contributed by atoms with van der Waals surface area (Å²) in [5.41, 5.74) is -0.0895. The molecule has 0 atom stereocenters. The van der Waals surface area contributed by atoms with E-state index < -0.39 is 101 Å². The predicted molar refractivity (Wildman–Crippen MR) is 390 cm³/mol. The Morgan fingerprint density at radius 2 is 0.617 bits per heavy atom. The molecule has 12 fully saturated rings. The summed E-state index contributed by atoms with van der Waals surface area (Å²) in [6.45, 7) is 9.51. The Kier molecular flexibility index (Phi) is 37.2. The number of carbonyl (C=O) groups is 6. The van der Waals surface area contributed by atoms with Crippen molar-refractivity contribution < 1.29 is 140 Å². The first-order chi connectivity index (χ1) is 49.6. The zero-order valence-corrected chi connectivity index (χ0v) is 67.5. The predicted octanol–water partition coefficient (Wildman–Crippen LogP) is 8.49. The van der Waals surface area contributed by atoms with Gasteiger partial charge in [-0.05, 0) is 244 Å². The average Bonchev–Trinajstić information content (AvgIpc) is 0.746. The number of aliphatic hydroxyl groups is 1. The molecule has 37 heteroatoms. The quantitative estimate of drug-likeness (QED) is 0.0242. The van der Waals surface area contributed by atoms with Gasteiger partial charge in [0.15, 0.2) is 0 Å². The lowest BCUT2D eigenvalue weighted by molar-refractivity contribution is -0.171. The standard InChI is InChI=1S/2C13H20O5S.C13H24O5S.C11H20O5S.C10H18O6S.C10H18O5S/c14-12(18-1-2-19(15,16)17)13-6-9-3-10(7-13)5-11(4-9)8-13;14-13(18-1-2-19(15,16)17)12-10-4-8-3-9(6-10)7-11(12)5-8;1-13(2,3)11-6-4-10(5-7-11)12(14)18-8-9-19(15,16)17;1-2-9-3-5-10(6-4-9)11(12)16-7-8-17(13,14)15;11-7-8-1-3-9(4-2-8)10(12)16-5-6-17(13,14)15;1-8-2-4-9(5-3-8)10(11)15-6-7-16(12,13)14/h9-11H,1-8H2,(H,15,16,17);8-12H,1-7H2,(H,15,16,17);10-11H,4-9H2,1-3H3,(H,15,16,17);9-10H,2-8H2,1H3,(H,13,14,15);8-9,11H,1-7H2,(H,13,14,15);8-9H,2-7H2,1H3,(H,12,13,14).